The molecule has 1 unspecified atom stereocenters. The fourth-order valence-electron chi connectivity index (χ4n) is 4.02. The molecule has 0 bridgehead atoms. The summed E-state index contributed by atoms with van der Waals surface area (Å²) in [5.74, 6) is 0.383. The summed E-state index contributed by atoms with van der Waals surface area (Å²) in [7, 11) is 0. The highest BCUT2D eigenvalue weighted by Gasteiger charge is 2.66. The lowest BCUT2D eigenvalue weighted by atomic mass is 9.95. The molecule has 0 heterocycles. The van der Waals surface area contributed by atoms with E-state index >= 15 is 0 Å². The highest BCUT2D eigenvalue weighted by Crippen LogP contribution is 2.69. The summed E-state index contributed by atoms with van der Waals surface area (Å²) in [6.07, 6.45) is 0.490. The van der Waals surface area contributed by atoms with Crippen LogP contribution in [-0.2, 0) is 6.42 Å². The summed E-state index contributed by atoms with van der Waals surface area (Å²) < 4.78 is 0. The van der Waals surface area contributed by atoms with Gasteiger partial charge in [-0.15, -0.1) is 0 Å². The molecule has 0 aliphatic heterocycles. The van der Waals surface area contributed by atoms with Crippen LogP contribution in [0.1, 0.15) is 33.3 Å². The van der Waals surface area contributed by atoms with Crippen molar-refractivity contribution in [3.63, 3.8) is 0 Å². The normalized spacial score (nSPS) is 21.9. The maximum atomic E-state index is 10.7. The van der Waals surface area contributed by atoms with Gasteiger partial charge in [0.15, 0.2) is 0 Å². The number of aliphatic hydroxyl groups excluding tert-OH is 1. The SMILES string of the molecule is CC1(C)C(C(O)Cc2cccc3ccccc23)C1(C)C. The van der Waals surface area contributed by atoms with Gasteiger partial charge in [-0.05, 0) is 39.5 Å². The number of hydrogen-bond acceptors (Lipinski definition) is 1. The molecule has 1 fully saturated rings. The number of aliphatic hydroxyl groups is 1. The summed E-state index contributed by atoms with van der Waals surface area (Å²) in [6.45, 7) is 9.07. The van der Waals surface area contributed by atoms with Gasteiger partial charge in [-0.1, -0.05) is 70.2 Å². The van der Waals surface area contributed by atoms with Crippen LogP contribution in [0.15, 0.2) is 42.5 Å². The maximum Gasteiger partial charge on any atom is 0.0619 e. The van der Waals surface area contributed by atoms with Gasteiger partial charge in [0, 0.05) is 0 Å². The van der Waals surface area contributed by atoms with Crippen LogP contribution in [0.5, 0.6) is 0 Å². The lowest BCUT2D eigenvalue weighted by Gasteiger charge is -2.14. The van der Waals surface area contributed by atoms with Gasteiger partial charge in [-0.2, -0.15) is 0 Å². The molecular formula is C19H24O. The van der Waals surface area contributed by atoms with E-state index in [4.69, 9.17) is 0 Å². The quantitative estimate of drug-likeness (QED) is 0.873. The average molecular weight is 268 g/mol. The summed E-state index contributed by atoms with van der Waals surface area (Å²) >= 11 is 0. The van der Waals surface area contributed by atoms with Crippen LogP contribution in [0, 0.1) is 16.7 Å². The third kappa shape index (κ3) is 1.88. The zero-order valence-electron chi connectivity index (χ0n) is 12.9. The van der Waals surface area contributed by atoms with Crippen molar-refractivity contribution in [1.29, 1.82) is 0 Å². The molecule has 106 valence electrons. The topological polar surface area (TPSA) is 20.2 Å². The predicted molar refractivity (Wildman–Crippen MR) is 84.7 cm³/mol. The van der Waals surface area contributed by atoms with Gasteiger partial charge >= 0.3 is 0 Å². The molecule has 0 aromatic heterocycles. The van der Waals surface area contributed by atoms with Gasteiger partial charge in [0.05, 0.1) is 6.10 Å². The zero-order valence-corrected chi connectivity index (χ0v) is 12.9. The molecule has 0 spiro atoms. The van der Waals surface area contributed by atoms with Gasteiger partial charge in [-0.3, -0.25) is 0 Å². The van der Waals surface area contributed by atoms with E-state index in [0.29, 0.717) is 5.92 Å². The van der Waals surface area contributed by atoms with Crippen LogP contribution in [0.3, 0.4) is 0 Å². The van der Waals surface area contributed by atoms with Crippen molar-refractivity contribution >= 4 is 10.8 Å². The van der Waals surface area contributed by atoms with E-state index in [2.05, 4.69) is 70.2 Å². The molecule has 1 atom stereocenters. The predicted octanol–water partition coefficient (Wildman–Crippen LogP) is 4.43. The van der Waals surface area contributed by atoms with E-state index in [0.717, 1.165) is 6.42 Å². The van der Waals surface area contributed by atoms with Crippen molar-refractivity contribution in [1.82, 2.24) is 0 Å². The van der Waals surface area contributed by atoms with Crippen LogP contribution in [0.25, 0.3) is 10.8 Å². The Morgan fingerprint density at radius 3 is 2.20 bits per heavy atom. The number of fused-ring (bicyclic) bond motifs is 1. The summed E-state index contributed by atoms with van der Waals surface area (Å²) in [4.78, 5) is 0. The van der Waals surface area contributed by atoms with Crippen LogP contribution in [0.4, 0.5) is 0 Å². The van der Waals surface area contributed by atoms with Crippen molar-refractivity contribution in [3.05, 3.63) is 48.0 Å². The minimum atomic E-state index is -0.259. The van der Waals surface area contributed by atoms with Gasteiger partial charge < -0.3 is 5.11 Å². The fraction of sp³-hybridized carbons (Fsp3) is 0.474. The second-order valence-corrected chi connectivity index (χ2v) is 7.33. The Kier molecular flexibility index (Phi) is 2.95. The molecule has 1 aliphatic carbocycles. The fourth-order valence-corrected chi connectivity index (χ4v) is 4.02. The first-order chi connectivity index (χ1) is 9.35. The molecule has 20 heavy (non-hydrogen) atoms. The Bertz CT molecular complexity index is 620. The minimum absolute atomic E-state index is 0.233. The van der Waals surface area contributed by atoms with Gasteiger partial charge in [-0.25, -0.2) is 0 Å². The van der Waals surface area contributed by atoms with Crippen molar-refractivity contribution in [3.8, 4) is 0 Å². The lowest BCUT2D eigenvalue weighted by molar-refractivity contribution is 0.130. The highest BCUT2D eigenvalue weighted by atomic mass is 16.3. The number of rotatable bonds is 3. The summed E-state index contributed by atoms with van der Waals surface area (Å²) in [5, 5.41) is 13.2. The molecule has 1 N–H and O–H groups in total. The van der Waals surface area contributed by atoms with Crippen LogP contribution in [0.2, 0.25) is 0 Å². The number of hydrogen-bond donors (Lipinski definition) is 1. The van der Waals surface area contributed by atoms with Crippen LogP contribution in [-0.4, -0.2) is 11.2 Å². The highest BCUT2D eigenvalue weighted by molar-refractivity contribution is 5.85. The van der Waals surface area contributed by atoms with E-state index in [1.54, 1.807) is 0 Å². The van der Waals surface area contributed by atoms with Crippen molar-refractivity contribution in [2.24, 2.45) is 16.7 Å². The Morgan fingerprint density at radius 2 is 1.55 bits per heavy atom. The molecule has 0 radical (unpaired) electrons. The summed E-state index contributed by atoms with van der Waals surface area (Å²) in [5.41, 5.74) is 1.72. The first kappa shape index (κ1) is 13.6. The molecule has 0 saturated heterocycles. The van der Waals surface area contributed by atoms with E-state index < -0.39 is 0 Å². The molecule has 3 rings (SSSR count). The first-order valence-electron chi connectivity index (χ1n) is 7.50. The third-order valence-electron chi connectivity index (χ3n) is 5.83. The third-order valence-corrected chi connectivity index (χ3v) is 5.83. The largest absolute Gasteiger partial charge is 0.392 e. The van der Waals surface area contributed by atoms with Crippen molar-refractivity contribution < 1.29 is 5.11 Å². The lowest BCUT2D eigenvalue weighted by Crippen LogP contribution is -2.17. The molecule has 1 saturated carbocycles. The molecule has 0 amide bonds. The van der Waals surface area contributed by atoms with E-state index in [9.17, 15) is 5.11 Å². The first-order valence-corrected chi connectivity index (χ1v) is 7.50. The molecule has 2 aromatic rings. The Labute approximate surface area is 121 Å². The Balaban J connectivity index is 1.88. The standard InChI is InChI=1S/C19H24O/c1-18(2)17(19(18,3)4)16(20)12-14-10-7-9-13-8-5-6-11-15(13)14/h5-11,16-17,20H,12H2,1-4H3. The van der Waals surface area contributed by atoms with E-state index in [-0.39, 0.29) is 16.9 Å². The monoisotopic (exact) mass is 268 g/mol. The van der Waals surface area contributed by atoms with Gasteiger partial charge in [0.1, 0.15) is 0 Å². The molecule has 1 aliphatic rings. The van der Waals surface area contributed by atoms with Crippen LogP contribution < -0.4 is 0 Å². The molecular weight excluding hydrogens is 244 g/mol. The van der Waals surface area contributed by atoms with E-state index in [1.165, 1.54) is 16.3 Å². The molecule has 1 heteroatoms. The second kappa shape index (κ2) is 4.33. The Morgan fingerprint density at radius 1 is 0.950 bits per heavy atom. The van der Waals surface area contributed by atoms with Gasteiger partial charge in [0.25, 0.3) is 0 Å². The van der Waals surface area contributed by atoms with Crippen molar-refractivity contribution in [2.45, 2.75) is 40.2 Å². The average Bonchev–Trinajstić information content (AvgIpc) is 2.80. The van der Waals surface area contributed by atoms with Crippen molar-refractivity contribution in [2.75, 3.05) is 0 Å². The number of benzene rings is 2. The maximum absolute atomic E-state index is 10.7. The molecule has 2 aromatic carbocycles. The zero-order chi connectivity index (χ0) is 14.5. The van der Waals surface area contributed by atoms with Gasteiger partial charge in [0.2, 0.25) is 0 Å². The van der Waals surface area contributed by atoms with Crippen LogP contribution >= 0.6 is 0 Å². The smallest absolute Gasteiger partial charge is 0.0619 e. The van der Waals surface area contributed by atoms with E-state index in [1.807, 2.05) is 0 Å². The summed E-state index contributed by atoms with van der Waals surface area (Å²) in [6, 6.07) is 14.8. The minimum Gasteiger partial charge on any atom is -0.392 e. The second-order valence-electron chi connectivity index (χ2n) is 7.33. The molecule has 1 nitrogen and oxygen atoms in total. The Hall–Kier alpha value is -1.34.